The quantitative estimate of drug-likeness (QED) is 0.314. The van der Waals surface area contributed by atoms with Crippen molar-refractivity contribution in [3.63, 3.8) is 0 Å². The van der Waals surface area contributed by atoms with Crippen LogP contribution in [0, 0.1) is 0 Å². The number of imidazole rings is 1. The number of Topliss-reactive ketones (excluding diaryl/α,β-unsaturated/α-hetero) is 1. The Morgan fingerprint density at radius 3 is 2.58 bits per heavy atom. The number of fused-ring (bicyclic) bond motifs is 2. The summed E-state index contributed by atoms with van der Waals surface area (Å²) >= 11 is 0. The van der Waals surface area contributed by atoms with Crippen LogP contribution in [0.4, 0.5) is 17.3 Å². The van der Waals surface area contributed by atoms with E-state index in [1.807, 2.05) is 18.2 Å². The smallest absolute Gasteiger partial charge is 0.159 e. The molecule has 2 aromatic carbocycles. The Balaban J connectivity index is 1.06. The van der Waals surface area contributed by atoms with E-state index in [2.05, 4.69) is 61.7 Å². The molecule has 0 radical (unpaired) electrons. The SMILES string of the molecule is CC(=O)c1ccc2nc(CN3CCN(c4cccc(N5CCCc6ccccc65)n4)CC3)n(C[C@@H]3CCO3)c2c1. The molecule has 0 unspecified atom stereocenters. The first-order valence-electron chi connectivity index (χ1n) is 14.5. The van der Waals surface area contributed by atoms with Crippen molar-refractivity contribution < 1.29 is 9.53 Å². The van der Waals surface area contributed by atoms with E-state index < -0.39 is 0 Å². The Kier molecular flexibility index (Phi) is 6.73. The van der Waals surface area contributed by atoms with Gasteiger partial charge in [0.2, 0.25) is 0 Å². The number of aryl methyl sites for hydroxylation is 1. The van der Waals surface area contributed by atoms with E-state index in [1.54, 1.807) is 6.92 Å². The molecule has 3 aliphatic rings. The summed E-state index contributed by atoms with van der Waals surface area (Å²) in [4.78, 5) is 29.4. The molecule has 8 nitrogen and oxygen atoms in total. The van der Waals surface area contributed by atoms with Crippen LogP contribution in [0.2, 0.25) is 0 Å². The molecule has 0 saturated carbocycles. The van der Waals surface area contributed by atoms with Crippen molar-refractivity contribution in [2.75, 3.05) is 49.1 Å². The Bertz CT molecular complexity index is 1540. The lowest BCUT2D eigenvalue weighted by atomic mass is 10.0. The Labute approximate surface area is 235 Å². The molecule has 2 fully saturated rings. The number of piperazine rings is 1. The van der Waals surface area contributed by atoms with Crippen LogP contribution in [0.5, 0.6) is 0 Å². The maximum atomic E-state index is 12.1. The number of hydrogen-bond acceptors (Lipinski definition) is 7. The number of hydrogen-bond donors (Lipinski definition) is 0. The van der Waals surface area contributed by atoms with Gasteiger partial charge in [-0.2, -0.15) is 0 Å². The molecule has 2 saturated heterocycles. The number of pyridine rings is 1. The van der Waals surface area contributed by atoms with Gasteiger partial charge < -0.3 is 19.1 Å². The lowest BCUT2D eigenvalue weighted by Crippen LogP contribution is -2.46. The van der Waals surface area contributed by atoms with Crippen molar-refractivity contribution in [3.05, 3.63) is 77.6 Å². The molecule has 0 amide bonds. The van der Waals surface area contributed by atoms with Crippen LogP contribution < -0.4 is 9.80 Å². The van der Waals surface area contributed by atoms with Crippen molar-refractivity contribution in [1.29, 1.82) is 0 Å². The van der Waals surface area contributed by atoms with Crippen LogP contribution in [0.3, 0.4) is 0 Å². The standard InChI is InChI=1S/C32H36N6O2/c1-23(39)25-11-12-27-29(20-25)38(21-26-13-19-40-26)32(33-27)22-35-15-17-36(18-16-35)30-9-4-10-31(34-30)37-14-5-7-24-6-2-3-8-28(24)37/h2-4,6,8-12,20,26H,5,7,13-19,21-22H2,1H3/t26-/m0/s1. The molecule has 3 aliphatic heterocycles. The molecule has 0 spiro atoms. The van der Waals surface area contributed by atoms with E-state index in [4.69, 9.17) is 14.7 Å². The van der Waals surface area contributed by atoms with Gasteiger partial charge in [0, 0.05) is 50.6 Å². The third-order valence-electron chi connectivity index (χ3n) is 8.58. The minimum absolute atomic E-state index is 0.0781. The molecular weight excluding hydrogens is 500 g/mol. The monoisotopic (exact) mass is 536 g/mol. The average molecular weight is 537 g/mol. The molecule has 0 bridgehead atoms. The largest absolute Gasteiger partial charge is 0.376 e. The first-order chi connectivity index (χ1) is 19.6. The number of anilines is 3. The number of aromatic nitrogens is 3. The highest BCUT2D eigenvalue weighted by Gasteiger charge is 2.25. The zero-order valence-corrected chi connectivity index (χ0v) is 23.1. The van der Waals surface area contributed by atoms with Gasteiger partial charge in [-0.3, -0.25) is 9.69 Å². The second kappa shape index (κ2) is 10.7. The summed E-state index contributed by atoms with van der Waals surface area (Å²) in [5.74, 6) is 3.20. The van der Waals surface area contributed by atoms with Crippen molar-refractivity contribution in [3.8, 4) is 0 Å². The molecule has 206 valence electrons. The Hall–Kier alpha value is -3.75. The minimum atomic E-state index is 0.0781. The fourth-order valence-electron chi connectivity index (χ4n) is 6.19. The number of carbonyl (C=O) groups is 1. The molecule has 40 heavy (non-hydrogen) atoms. The van der Waals surface area contributed by atoms with Gasteiger partial charge in [0.25, 0.3) is 0 Å². The highest BCUT2D eigenvalue weighted by Crippen LogP contribution is 2.33. The van der Waals surface area contributed by atoms with E-state index in [-0.39, 0.29) is 11.9 Å². The minimum Gasteiger partial charge on any atom is -0.376 e. The van der Waals surface area contributed by atoms with Crippen molar-refractivity contribution >= 4 is 34.1 Å². The first kappa shape index (κ1) is 25.2. The van der Waals surface area contributed by atoms with Crippen LogP contribution in [0.15, 0.2) is 60.7 Å². The second-order valence-electron chi connectivity index (χ2n) is 11.2. The second-order valence-corrected chi connectivity index (χ2v) is 11.2. The third kappa shape index (κ3) is 4.86. The van der Waals surface area contributed by atoms with Gasteiger partial charge in [-0.05, 0) is 68.1 Å². The number of rotatable bonds is 7. The third-order valence-corrected chi connectivity index (χ3v) is 8.58. The zero-order chi connectivity index (χ0) is 27.1. The molecule has 7 rings (SSSR count). The average Bonchev–Trinajstić information content (AvgIpc) is 3.30. The number of ether oxygens (including phenoxy) is 1. The number of nitrogens with zero attached hydrogens (tertiary/aromatic N) is 6. The van der Waals surface area contributed by atoms with Crippen molar-refractivity contribution in [2.45, 2.75) is 45.4 Å². The maximum Gasteiger partial charge on any atom is 0.159 e. The molecule has 4 aromatic rings. The molecule has 2 aromatic heterocycles. The molecule has 8 heteroatoms. The molecule has 5 heterocycles. The topological polar surface area (TPSA) is 66.7 Å². The summed E-state index contributed by atoms with van der Waals surface area (Å²) in [6.07, 6.45) is 3.57. The van der Waals surface area contributed by atoms with Crippen LogP contribution in [0.25, 0.3) is 11.0 Å². The highest BCUT2D eigenvalue weighted by atomic mass is 16.5. The lowest BCUT2D eigenvalue weighted by Gasteiger charge is -2.36. The fourth-order valence-corrected chi connectivity index (χ4v) is 6.19. The van der Waals surface area contributed by atoms with Gasteiger partial charge in [-0.15, -0.1) is 0 Å². The first-order valence-corrected chi connectivity index (χ1v) is 14.5. The predicted molar refractivity (Wildman–Crippen MR) is 158 cm³/mol. The summed E-state index contributed by atoms with van der Waals surface area (Å²) < 4.78 is 8.04. The number of carbonyl (C=O) groups excluding carboxylic acids is 1. The van der Waals surface area contributed by atoms with E-state index >= 15 is 0 Å². The zero-order valence-electron chi connectivity index (χ0n) is 23.1. The van der Waals surface area contributed by atoms with Crippen molar-refractivity contribution in [2.24, 2.45) is 0 Å². The van der Waals surface area contributed by atoms with Gasteiger partial charge in [0.05, 0.1) is 30.2 Å². The maximum absolute atomic E-state index is 12.1. The Morgan fingerprint density at radius 2 is 1.77 bits per heavy atom. The van der Waals surface area contributed by atoms with E-state index in [0.29, 0.717) is 0 Å². The molecule has 0 aliphatic carbocycles. The Morgan fingerprint density at radius 1 is 0.950 bits per heavy atom. The molecule has 1 atom stereocenters. The summed E-state index contributed by atoms with van der Waals surface area (Å²) in [6.45, 7) is 8.75. The highest BCUT2D eigenvalue weighted by molar-refractivity contribution is 5.97. The van der Waals surface area contributed by atoms with Gasteiger partial charge in [-0.1, -0.05) is 24.3 Å². The van der Waals surface area contributed by atoms with Crippen molar-refractivity contribution in [1.82, 2.24) is 19.4 Å². The summed E-state index contributed by atoms with van der Waals surface area (Å²) in [7, 11) is 0. The van der Waals surface area contributed by atoms with E-state index in [0.717, 1.165) is 106 Å². The van der Waals surface area contributed by atoms with Gasteiger partial charge in [0.15, 0.2) is 5.78 Å². The number of para-hydroxylation sites is 1. The van der Waals surface area contributed by atoms with Crippen LogP contribution in [0.1, 0.15) is 41.5 Å². The summed E-state index contributed by atoms with van der Waals surface area (Å²) in [6, 6.07) is 21.0. The van der Waals surface area contributed by atoms with Crippen LogP contribution in [-0.2, 0) is 24.2 Å². The predicted octanol–water partition coefficient (Wildman–Crippen LogP) is 4.83. The van der Waals surface area contributed by atoms with Crippen LogP contribution in [-0.4, -0.2) is 70.7 Å². The molecular formula is C32H36N6O2. The normalized spacial score (nSPS) is 19.5. The summed E-state index contributed by atoms with van der Waals surface area (Å²) in [5.41, 5.74) is 5.39. The number of ketones is 1. The van der Waals surface area contributed by atoms with E-state index in [1.165, 1.54) is 11.3 Å². The molecule has 0 N–H and O–H groups in total. The van der Waals surface area contributed by atoms with Gasteiger partial charge >= 0.3 is 0 Å². The van der Waals surface area contributed by atoms with E-state index in [9.17, 15) is 4.79 Å². The number of benzene rings is 2. The lowest BCUT2D eigenvalue weighted by molar-refractivity contribution is -0.0592. The fraction of sp³-hybridized carbons (Fsp3) is 0.406. The summed E-state index contributed by atoms with van der Waals surface area (Å²) in [5, 5.41) is 0. The van der Waals surface area contributed by atoms with Gasteiger partial charge in [-0.25, -0.2) is 9.97 Å². The van der Waals surface area contributed by atoms with Gasteiger partial charge in [0.1, 0.15) is 17.5 Å². The van der Waals surface area contributed by atoms with Crippen LogP contribution >= 0.6 is 0 Å².